The van der Waals surface area contributed by atoms with E-state index in [1.54, 1.807) is 24.3 Å². The van der Waals surface area contributed by atoms with E-state index in [1.165, 1.54) is 7.11 Å². The molecule has 28 heavy (non-hydrogen) atoms. The van der Waals surface area contributed by atoms with E-state index in [-0.39, 0.29) is 36.2 Å². The molecule has 0 fully saturated rings. The van der Waals surface area contributed by atoms with Crippen molar-refractivity contribution in [2.24, 2.45) is 0 Å². The lowest BCUT2D eigenvalue weighted by atomic mass is 10.1. The number of amides is 1. The molecule has 152 valence electrons. The van der Waals surface area contributed by atoms with E-state index in [4.69, 9.17) is 9.47 Å². The van der Waals surface area contributed by atoms with Crippen LogP contribution >= 0.6 is 0 Å². The number of carbonyl (C=O) groups is 1. The molecule has 0 spiro atoms. The van der Waals surface area contributed by atoms with Crippen LogP contribution < -0.4 is 19.5 Å². The van der Waals surface area contributed by atoms with Crippen LogP contribution in [0.15, 0.2) is 41.3 Å². The Bertz CT molecular complexity index is 924. The number of nitrogens with one attached hydrogen (secondary N) is 2. The van der Waals surface area contributed by atoms with Crippen LogP contribution in [0.3, 0.4) is 0 Å². The maximum absolute atomic E-state index is 12.5. The Kier molecular flexibility index (Phi) is 7.42. The molecule has 0 aromatic heterocycles. The molecular weight excluding hydrogens is 380 g/mol. The molecule has 0 radical (unpaired) electrons. The monoisotopic (exact) mass is 406 g/mol. The van der Waals surface area contributed by atoms with Crippen LogP contribution in [0.5, 0.6) is 11.5 Å². The van der Waals surface area contributed by atoms with Gasteiger partial charge in [0.25, 0.3) is 5.91 Å². The van der Waals surface area contributed by atoms with E-state index in [9.17, 15) is 13.2 Å². The number of methoxy groups -OCH3 is 1. The first-order valence-corrected chi connectivity index (χ1v) is 10.3. The molecule has 0 aliphatic carbocycles. The molecule has 2 rings (SSSR count). The molecule has 0 unspecified atom stereocenters. The quantitative estimate of drug-likeness (QED) is 0.622. The summed E-state index contributed by atoms with van der Waals surface area (Å²) in [5.74, 6) is 0.554. The Hall–Kier alpha value is -2.58. The number of hydrogen-bond acceptors (Lipinski definition) is 5. The third-order valence-electron chi connectivity index (χ3n) is 4.20. The predicted octanol–water partition coefficient (Wildman–Crippen LogP) is 2.09. The van der Waals surface area contributed by atoms with Gasteiger partial charge in [0.15, 0.2) is 6.61 Å². The lowest BCUT2D eigenvalue weighted by Crippen LogP contribution is -2.36. The average molecular weight is 407 g/mol. The summed E-state index contributed by atoms with van der Waals surface area (Å²) in [6.07, 6.45) is 0. The highest BCUT2D eigenvalue weighted by Crippen LogP contribution is 2.27. The molecule has 0 aliphatic heterocycles. The van der Waals surface area contributed by atoms with Crippen molar-refractivity contribution in [3.63, 3.8) is 0 Å². The third-order valence-corrected chi connectivity index (χ3v) is 5.68. The van der Waals surface area contributed by atoms with Crippen LogP contribution in [0.2, 0.25) is 0 Å². The first-order chi connectivity index (χ1) is 13.2. The standard InChI is InChI=1S/C20H26N2O5S/c1-14-5-7-17(8-6-14)27-13-20(23)21-9-10-22-28(24,25)19-12-16(3)15(2)11-18(19)26-4/h5-8,11-12,22H,9-10,13H2,1-4H3,(H,21,23). The van der Waals surface area contributed by atoms with Gasteiger partial charge >= 0.3 is 0 Å². The molecule has 0 saturated carbocycles. The van der Waals surface area contributed by atoms with Crippen molar-refractivity contribution < 1.29 is 22.7 Å². The Labute approximate surface area is 166 Å². The normalized spacial score (nSPS) is 11.1. The lowest BCUT2D eigenvalue weighted by molar-refractivity contribution is -0.123. The zero-order valence-corrected chi connectivity index (χ0v) is 17.4. The van der Waals surface area contributed by atoms with Gasteiger partial charge in [0.1, 0.15) is 16.4 Å². The molecule has 8 heteroatoms. The molecule has 7 nitrogen and oxygen atoms in total. The minimum absolute atomic E-state index is 0.0503. The maximum atomic E-state index is 12.5. The summed E-state index contributed by atoms with van der Waals surface area (Å²) >= 11 is 0. The van der Waals surface area contributed by atoms with Crippen molar-refractivity contribution in [1.29, 1.82) is 0 Å². The number of rotatable bonds is 9. The smallest absolute Gasteiger partial charge is 0.257 e. The fourth-order valence-corrected chi connectivity index (χ4v) is 3.70. The first kappa shape index (κ1) is 21.7. The minimum atomic E-state index is -3.76. The predicted molar refractivity (Wildman–Crippen MR) is 107 cm³/mol. The number of ether oxygens (including phenoxy) is 2. The van der Waals surface area contributed by atoms with E-state index < -0.39 is 10.0 Å². The van der Waals surface area contributed by atoms with Crippen molar-refractivity contribution in [2.75, 3.05) is 26.8 Å². The summed E-state index contributed by atoms with van der Waals surface area (Å²) in [4.78, 5) is 11.9. The fraction of sp³-hybridized carbons (Fsp3) is 0.350. The number of aryl methyl sites for hydroxylation is 3. The second kappa shape index (κ2) is 9.57. The van der Waals surface area contributed by atoms with E-state index in [2.05, 4.69) is 10.0 Å². The van der Waals surface area contributed by atoms with Gasteiger partial charge in [0.2, 0.25) is 10.0 Å². The number of hydrogen-bond donors (Lipinski definition) is 2. The fourth-order valence-electron chi connectivity index (χ4n) is 2.43. The number of carbonyl (C=O) groups excluding carboxylic acids is 1. The molecule has 2 aromatic carbocycles. The maximum Gasteiger partial charge on any atom is 0.257 e. The highest BCUT2D eigenvalue weighted by Gasteiger charge is 2.20. The summed E-state index contributed by atoms with van der Waals surface area (Å²) in [6.45, 7) is 5.74. The van der Waals surface area contributed by atoms with Crippen LogP contribution in [0, 0.1) is 20.8 Å². The summed E-state index contributed by atoms with van der Waals surface area (Å²) in [5, 5.41) is 2.62. The van der Waals surface area contributed by atoms with Crippen molar-refractivity contribution >= 4 is 15.9 Å². The van der Waals surface area contributed by atoms with Crippen LogP contribution in [0.4, 0.5) is 0 Å². The summed E-state index contributed by atoms with van der Waals surface area (Å²) < 4.78 is 38.1. The van der Waals surface area contributed by atoms with E-state index in [0.29, 0.717) is 5.75 Å². The van der Waals surface area contributed by atoms with E-state index >= 15 is 0 Å². The van der Waals surface area contributed by atoms with Gasteiger partial charge in [0.05, 0.1) is 7.11 Å². The Morgan fingerprint density at radius 1 is 1.00 bits per heavy atom. The van der Waals surface area contributed by atoms with Crippen LogP contribution in [-0.4, -0.2) is 41.1 Å². The van der Waals surface area contributed by atoms with Crippen molar-refractivity contribution in [3.05, 3.63) is 53.1 Å². The molecular formula is C20H26N2O5S. The zero-order chi connectivity index (χ0) is 20.7. The van der Waals surface area contributed by atoms with Gasteiger partial charge in [0, 0.05) is 13.1 Å². The number of benzene rings is 2. The van der Waals surface area contributed by atoms with Crippen molar-refractivity contribution in [1.82, 2.24) is 10.0 Å². The van der Waals surface area contributed by atoms with Gasteiger partial charge in [-0.3, -0.25) is 4.79 Å². The molecule has 0 aliphatic rings. The van der Waals surface area contributed by atoms with Gasteiger partial charge in [-0.25, -0.2) is 13.1 Å². The highest BCUT2D eigenvalue weighted by atomic mass is 32.2. The third kappa shape index (κ3) is 5.97. The summed E-state index contributed by atoms with van der Waals surface area (Å²) in [7, 11) is -2.33. The summed E-state index contributed by atoms with van der Waals surface area (Å²) in [5.41, 5.74) is 2.89. The van der Waals surface area contributed by atoms with Gasteiger partial charge in [-0.15, -0.1) is 0 Å². The van der Waals surface area contributed by atoms with Gasteiger partial charge in [-0.2, -0.15) is 0 Å². The first-order valence-electron chi connectivity index (χ1n) is 8.84. The SMILES string of the molecule is COc1cc(C)c(C)cc1S(=O)(=O)NCCNC(=O)COc1ccc(C)cc1. The topological polar surface area (TPSA) is 93.7 Å². The average Bonchev–Trinajstić information content (AvgIpc) is 2.66. The lowest BCUT2D eigenvalue weighted by Gasteiger charge is -2.13. The van der Waals surface area contributed by atoms with Gasteiger partial charge in [-0.05, 0) is 56.2 Å². The minimum Gasteiger partial charge on any atom is -0.495 e. The Morgan fingerprint density at radius 3 is 2.29 bits per heavy atom. The van der Waals surface area contributed by atoms with Gasteiger partial charge < -0.3 is 14.8 Å². The highest BCUT2D eigenvalue weighted by molar-refractivity contribution is 7.89. The molecule has 2 N–H and O–H groups in total. The summed E-state index contributed by atoms with van der Waals surface area (Å²) in [6, 6.07) is 10.6. The Morgan fingerprint density at radius 2 is 1.64 bits per heavy atom. The zero-order valence-electron chi connectivity index (χ0n) is 16.5. The van der Waals surface area contributed by atoms with Crippen molar-refractivity contribution in [3.8, 4) is 11.5 Å². The number of sulfonamides is 1. The van der Waals surface area contributed by atoms with Crippen LogP contribution in [0.1, 0.15) is 16.7 Å². The molecule has 0 atom stereocenters. The van der Waals surface area contributed by atoms with E-state index in [1.807, 2.05) is 32.9 Å². The van der Waals surface area contributed by atoms with Gasteiger partial charge in [-0.1, -0.05) is 17.7 Å². The van der Waals surface area contributed by atoms with Crippen LogP contribution in [0.25, 0.3) is 0 Å². The van der Waals surface area contributed by atoms with E-state index in [0.717, 1.165) is 16.7 Å². The molecule has 0 saturated heterocycles. The van der Waals surface area contributed by atoms with Crippen molar-refractivity contribution in [2.45, 2.75) is 25.7 Å². The molecule has 1 amide bonds. The molecule has 0 heterocycles. The largest absolute Gasteiger partial charge is 0.495 e. The second-order valence-corrected chi connectivity index (χ2v) is 8.17. The Balaban J connectivity index is 1.83. The van der Waals surface area contributed by atoms with Crippen LogP contribution in [-0.2, 0) is 14.8 Å². The molecule has 0 bridgehead atoms. The molecule has 2 aromatic rings. The second-order valence-electron chi connectivity index (χ2n) is 6.44.